The molecule has 3 nitrogen and oxygen atoms in total. The monoisotopic (exact) mass is 275 g/mol. The van der Waals surface area contributed by atoms with Crippen LogP contribution >= 0.6 is 0 Å². The topological polar surface area (TPSA) is 38.3 Å². The molecule has 0 aromatic heterocycles. The smallest absolute Gasteiger partial charge is 0.253 e. The molecule has 1 saturated carbocycles. The third kappa shape index (κ3) is 4.34. The molecule has 1 aliphatic carbocycles. The summed E-state index contributed by atoms with van der Waals surface area (Å²) in [5, 5.41) is 2.99. The van der Waals surface area contributed by atoms with E-state index in [1.165, 1.54) is 32.1 Å². The van der Waals surface area contributed by atoms with Gasteiger partial charge in [0.05, 0.1) is 0 Å². The van der Waals surface area contributed by atoms with E-state index in [9.17, 15) is 4.79 Å². The van der Waals surface area contributed by atoms with Gasteiger partial charge in [-0.3, -0.25) is 4.79 Å². The normalized spacial score (nSPS) is 17.1. The van der Waals surface area contributed by atoms with Crippen LogP contribution < -0.4 is 5.32 Å². The molecular weight excluding hydrogens is 250 g/mol. The van der Waals surface area contributed by atoms with Crippen molar-refractivity contribution in [2.24, 2.45) is 5.92 Å². The largest absolute Gasteiger partial charge is 0.367 e. The summed E-state index contributed by atoms with van der Waals surface area (Å²) in [5.41, 5.74) is 0.906. The van der Waals surface area contributed by atoms with Crippen molar-refractivity contribution < 1.29 is 9.53 Å². The molecule has 0 bridgehead atoms. The van der Waals surface area contributed by atoms with Gasteiger partial charge < -0.3 is 10.1 Å². The van der Waals surface area contributed by atoms with Crippen molar-refractivity contribution >= 4 is 5.91 Å². The summed E-state index contributed by atoms with van der Waals surface area (Å²) in [5.74, 6) is 0.851. The lowest BCUT2D eigenvalue weighted by molar-refractivity contribution is -0.131. The van der Waals surface area contributed by atoms with E-state index in [2.05, 4.69) is 5.32 Å². The highest BCUT2D eigenvalue weighted by molar-refractivity contribution is 5.82. The van der Waals surface area contributed by atoms with Crippen LogP contribution in [0.5, 0.6) is 0 Å². The number of methoxy groups -OCH3 is 1. The van der Waals surface area contributed by atoms with E-state index in [4.69, 9.17) is 4.74 Å². The summed E-state index contributed by atoms with van der Waals surface area (Å²) in [6, 6.07) is 9.64. The lowest BCUT2D eigenvalue weighted by Gasteiger charge is -2.16. The van der Waals surface area contributed by atoms with Crippen molar-refractivity contribution in [3.05, 3.63) is 35.9 Å². The fraction of sp³-hybridized carbons (Fsp3) is 0.588. The fourth-order valence-corrected chi connectivity index (χ4v) is 3.02. The number of hydrogen-bond donors (Lipinski definition) is 1. The van der Waals surface area contributed by atoms with Crippen LogP contribution in [0.15, 0.2) is 30.3 Å². The van der Waals surface area contributed by atoms with Crippen molar-refractivity contribution in [3.8, 4) is 0 Å². The molecule has 1 unspecified atom stereocenters. The van der Waals surface area contributed by atoms with Gasteiger partial charge >= 0.3 is 0 Å². The first-order valence-corrected chi connectivity index (χ1v) is 7.66. The molecule has 1 aliphatic rings. The second kappa shape index (κ2) is 8.05. The molecule has 0 aliphatic heterocycles. The number of carbonyl (C=O) groups excluding carboxylic acids is 1. The van der Waals surface area contributed by atoms with Gasteiger partial charge in [0.2, 0.25) is 0 Å². The summed E-state index contributed by atoms with van der Waals surface area (Å²) in [6.45, 7) is 0.752. The van der Waals surface area contributed by atoms with E-state index in [0.717, 1.165) is 24.4 Å². The Morgan fingerprint density at radius 1 is 1.30 bits per heavy atom. The predicted octanol–water partition coefficient (Wildman–Crippen LogP) is 3.46. The third-order valence-corrected chi connectivity index (χ3v) is 4.14. The molecule has 1 atom stereocenters. The van der Waals surface area contributed by atoms with Crippen LogP contribution in [0.25, 0.3) is 0 Å². The molecule has 1 amide bonds. The Balaban J connectivity index is 1.72. The quantitative estimate of drug-likeness (QED) is 0.774. The van der Waals surface area contributed by atoms with Gasteiger partial charge in [0.1, 0.15) is 0 Å². The number of hydrogen-bond acceptors (Lipinski definition) is 2. The van der Waals surface area contributed by atoms with E-state index in [1.54, 1.807) is 7.11 Å². The molecule has 0 spiro atoms. The molecule has 0 radical (unpaired) electrons. The minimum atomic E-state index is -0.498. The Labute approximate surface area is 121 Å². The highest BCUT2D eigenvalue weighted by Crippen LogP contribution is 2.28. The van der Waals surface area contributed by atoms with Gasteiger partial charge in [-0.05, 0) is 24.3 Å². The van der Waals surface area contributed by atoms with Crippen LogP contribution in [0, 0.1) is 5.92 Å². The van der Waals surface area contributed by atoms with Crippen LogP contribution in [-0.2, 0) is 9.53 Å². The zero-order valence-corrected chi connectivity index (χ0v) is 12.3. The molecule has 110 valence electrons. The molecule has 20 heavy (non-hydrogen) atoms. The van der Waals surface area contributed by atoms with Crippen LogP contribution in [0.1, 0.15) is 50.2 Å². The second-order valence-electron chi connectivity index (χ2n) is 5.61. The number of benzene rings is 1. The Kier molecular flexibility index (Phi) is 6.06. The minimum absolute atomic E-state index is 0.0369. The molecule has 0 saturated heterocycles. The van der Waals surface area contributed by atoms with Crippen molar-refractivity contribution in [1.29, 1.82) is 0 Å². The van der Waals surface area contributed by atoms with E-state index in [0.29, 0.717) is 0 Å². The maximum absolute atomic E-state index is 12.1. The average Bonchev–Trinajstić information content (AvgIpc) is 2.99. The van der Waals surface area contributed by atoms with Gasteiger partial charge in [-0.2, -0.15) is 0 Å². The summed E-state index contributed by atoms with van der Waals surface area (Å²) >= 11 is 0. The number of amides is 1. The zero-order valence-electron chi connectivity index (χ0n) is 12.3. The number of carbonyl (C=O) groups is 1. The maximum atomic E-state index is 12.1. The van der Waals surface area contributed by atoms with Crippen molar-refractivity contribution in [3.63, 3.8) is 0 Å². The first-order valence-electron chi connectivity index (χ1n) is 7.66. The number of nitrogens with one attached hydrogen (secondary N) is 1. The summed E-state index contributed by atoms with van der Waals surface area (Å²) in [4.78, 5) is 12.1. The third-order valence-electron chi connectivity index (χ3n) is 4.14. The lowest BCUT2D eigenvalue weighted by atomic mass is 10.0. The van der Waals surface area contributed by atoms with Gasteiger partial charge in [0.15, 0.2) is 6.10 Å². The second-order valence-corrected chi connectivity index (χ2v) is 5.61. The highest BCUT2D eigenvalue weighted by Gasteiger charge is 2.19. The molecular formula is C17H25NO2. The SMILES string of the molecule is COC(C(=O)NCCCC1CCCC1)c1ccccc1. The standard InChI is InChI=1S/C17H25NO2/c1-20-16(15-11-3-2-4-12-15)17(19)18-13-7-10-14-8-5-6-9-14/h2-4,11-12,14,16H,5-10,13H2,1H3,(H,18,19). The lowest BCUT2D eigenvalue weighted by Crippen LogP contribution is -2.31. The zero-order chi connectivity index (χ0) is 14.2. The van der Waals surface area contributed by atoms with Gasteiger partial charge in [0.25, 0.3) is 5.91 Å². The molecule has 1 aromatic carbocycles. The summed E-state index contributed by atoms with van der Waals surface area (Å²) in [7, 11) is 1.58. The van der Waals surface area contributed by atoms with Crippen molar-refractivity contribution in [2.45, 2.75) is 44.6 Å². The molecule has 1 fully saturated rings. The highest BCUT2D eigenvalue weighted by atomic mass is 16.5. The van der Waals surface area contributed by atoms with Crippen molar-refractivity contribution in [2.75, 3.05) is 13.7 Å². The average molecular weight is 275 g/mol. The van der Waals surface area contributed by atoms with Crippen molar-refractivity contribution in [1.82, 2.24) is 5.32 Å². The van der Waals surface area contributed by atoms with E-state index < -0.39 is 6.10 Å². The van der Waals surface area contributed by atoms with E-state index in [1.807, 2.05) is 30.3 Å². The Hall–Kier alpha value is -1.35. The molecule has 1 N–H and O–H groups in total. The van der Waals surface area contributed by atoms with Crippen LogP contribution in [0.3, 0.4) is 0 Å². The molecule has 0 heterocycles. The summed E-state index contributed by atoms with van der Waals surface area (Å²) in [6.07, 6.45) is 7.33. The molecule has 3 heteroatoms. The van der Waals surface area contributed by atoms with Gasteiger partial charge in [-0.1, -0.05) is 56.0 Å². The maximum Gasteiger partial charge on any atom is 0.253 e. The Morgan fingerprint density at radius 3 is 2.65 bits per heavy atom. The first-order chi connectivity index (χ1) is 9.81. The van der Waals surface area contributed by atoms with Gasteiger partial charge in [-0.15, -0.1) is 0 Å². The minimum Gasteiger partial charge on any atom is -0.367 e. The Bertz CT molecular complexity index is 399. The fourth-order valence-electron chi connectivity index (χ4n) is 3.02. The molecule has 2 rings (SSSR count). The first kappa shape index (κ1) is 15.0. The van der Waals surface area contributed by atoms with Gasteiger partial charge in [0, 0.05) is 13.7 Å². The molecule has 1 aromatic rings. The summed E-state index contributed by atoms with van der Waals surface area (Å²) < 4.78 is 5.32. The van der Waals surface area contributed by atoms with Crippen LogP contribution in [-0.4, -0.2) is 19.6 Å². The number of ether oxygens (including phenoxy) is 1. The van der Waals surface area contributed by atoms with Crippen LogP contribution in [0.2, 0.25) is 0 Å². The Morgan fingerprint density at radius 2 is 2.00 bits per heavy atom. The van der Waals surface area contributed by atoms with Gasteiger partial charge in [-0.25, -0.2) is 0 Å². The van der Waals surface area contributed by atoms with E-state index >= 15 is 0 Å². The predicted molar refractivity (Wildman–Crippen MR) is 80.4 cm³/mol. The number of rotatable bonds is 7. The van der Waals surface area contributed by atoms with E-state index in [-0.39, 0.29) is 5.91 Å². The van der Waals surface area contributed by atoms with Crippen LogP contribution in [0.4, 0.5) is 0 Å².